The molecule has 1 atom stereocenters. The SMILES string of the molecule is CCCCCCCCCCOC(=O)C(C)CC(=O)O. The Balaban J connectivity index is 3.34. The van der Waals surface area contributed by atoms with Crippen LogP contribution in [-0.2, 0) is 14.3 Å². The standard InChI is InChI=1S/C15H28O4/c1-3-4-5-6-7-8-9-10-11-19-15(18)13(2)12-14(16)17/h13H,3-12H2,1-2H3,(H,16,17). The van der Waals surface area contributed by atoms with Crippen molar-refractivity contribution in [2.75, 3.05) is 6.61 Å². The second kappa shape index (κ2) is 12.0. The third kappa shape index (κ3) is 11.7. The summed E-state index contributed by atoms with van der Waals surface area (Å²) in [5.74, 6) is -1.91. The van der Waals surface area contributed by atoms with Gasteiger partial charge in [0.05, 0.1) is 18.9 Å². The van der Waals surface area contributed by atoms with Gasteiger partial charge < -0.3 is 9.84 Å². The average Bonchev–Trinajstić information content (AvgIpc) is 2.35. The smallest absolute Gasteiger partial charge is 0.309 e. The molecule has 0 radical (unpaired) electrons. The van der Waals surface area contributed by atoms with Gasteiger partial charge >= 0.3 is 11.9 Å². The summed E-state index contributed by atoms with van der Waals surface area (Å²) in [6.45, 7) is 4.21. The van der Waals surface area contributed by atoms with E-state index >= 15 is 0 Å². The molecule has 4 heteroatoms. The maximum atomic E-state index is 11.4. The first-order chi connectivity index (χ1) is 9.07. The fourth-order valence-corrected chi connectivity index (χ4v) is 1.90. The molecule has 0 aromatic heterocycles. The minimum Gasteiger partial charge on any atom is -0.481 e. The summed E-state index contributed by atoms with van der Waals surface area (Å²) in [6, 6.07) is 0. The Hall–Kier alpha value is -1.06. The summed E-state index contributed by atoms with van der Waals surface area (Å²) in [4.78, 5) is 21.8. The van der Waals surface area contributed by atoms with Gasteiger partial charge in [-0.1, -0.05) is 58.8 Å². The van der Waals surface area contributed by atoms with Crippen LogP contribution >= 0.6 is 0 Å². The first-order valence-electron chi connectivity index (χ1n) is 7.46. The number of hydrogen-bond acceptors (Lipinski definition) is 3. The highest BCUT2D eigenvalue weighted by atomic mass is 16.5. The molecule has 0 aromatic carbocycles. The number of unbranched alkanes of at least 4 members (excludes halogenated alkanes) is 7. The average molecular weight is 272 g/mol. The molecular formula is C15H28O4. The van der Waals surface area contributed by atoms with Gasteiger partial charge in [-0.3, -0.25) is 9.59 Å². The van der Waals surface area contributed by atoms with Gasteiger partial charge in [-0.2, -0.15) is 0 Å². The summed E-state index contributed by atoms with van der Waals surface area (Å²) in [5, 5.41) is 8.56. The molecule has 0 saturated heterocycles. The molecule has 0 rings (SSSR count). The minimum absolute atomic E-state index is 0.156. The third-order valence-corrected chi connectivity index (χ3v) is 3.13. The lowest BCUT2D eigenvalue weighted by atomic mass is 10.1. The fraction of sp³-hybridized carbons (Fsp3) is 0.867. The van der Waals surface area contributed by atoms with Crippen molar-refractivity contribution in [2.24, 2.45) is 5.92 Å². The maximum absolute atomic E-state index is 11.4. The number of rotatable bonds is 12. The van der Waals surface area contributed by atoms with Gasteiger partial charge in [0.15, 0.2) is 0 Å². The number of carboxylic acids is 1. The van der Waals surface area contributed by atoms with Crippen LogP contribution < -0.4 is 0 Å². The van der Waals surface area contributed by atoms with Gasteiger partial charge in [-0.05, 0) is 6.42 Å². The van der Waals surface area contributed by atoms with Gasteiger partial charge in [0.1, 0.15) is 0 Å². The Morgan fingerprint density at radius 3 is 2.05 bits per heavy atom. The largest absolute Gasteiger partial charge is 0.481 e. The highest BCUT2D eigenvalue weighted by Gasteiger charge is 2.17. The Morgan fingerprint density at radius 1 is 1.00 bits per heavy atom. The molecule has 0 aliphatic heterocycles. The number of aliphatic carboxylic acids is 1. The normalized spacial score (nSPS) is 12.1. The van der Waals surface area contributed by atoms with E-state index in [0.717, 1.165) is 12.8 Å². The van der Waals surface area contributed by atoms with Gasteiger partial charge in [-0.25, -0.2) is 0 Å². The second-order valence-electron chi connectivity index (χ2n) is 5.14. The van der Waals surface area contributed by atoms with Crippen LogP contribution in [0.3, 0.4) is 0 Å². The fourth-order valence-electron chi connectivity index (χ4n) is 1.90. The minimum atomic E-state index is -0.962. The van der Waals surface area contributed by atoms with Crippen LogP contribution in [0.4, 0.5) is 0 Å². The molecule has 19 heavy (non-hydrogen) atoms. The zero-order valence-corrected chi connectivity index (χ0v) is 12.3. The molecule has 0 aromatic rings. The van der Waals surface area contributed by atoms with Crippen LogP contribution in [0.1, 0.15) is 71.6 Å². The number of carbonyl (C=O) groups is 2. The molecule has 0 bridgehead atoms. The van der Waals surface area contributed by atoms with Gasteiger partial charge in [0.2, 0.25) is 0 Å². The molecule has 0 aliphatic rings. The first-order valence-corrected chi connectivity index (χ1v) is 7.46. The molecule has 0 amide bonds. The molecular weight excluding hydrogens is 244 g/mol. The lowest BCUT2D eigenvalue weighted by molar-refractivity contribution is -0.152. The van der Waals surface area contributed by atoms with E-state index in [2.05, 4.69) is 6.92 Å². The number of carboxylic acid groups (broad SMARTS) is 1. The van der Waals surface area contributed by atoms with Gasteiger partial charge in [0, 0.05) is 0 Å². The monoisotopic (exact) mass is 272 g/mol. The topological polar surface area (TPSA) is 63.6 Å². The highest BCUT2D eigenvalue weighted by Crippen LogP contribution is 2.09. The molecule has 0 saturated carbocycles. The van der Waals surface area contributed by atoms with Crippen LogP contribution in [-0.4, -0.2) is 23.7 Å². The van der Waals surface area contributed by atoms with Crippen LogP contribution in [0.2, 0.25) is 0 Å². The lowest BCUT2D eigenvalue weighted by Gasteiger charge is -2.09. The van der Waals surface area contributed by atoms with Crippen molar-refractivity contribution in [3.63, 3.8) is 0 Å². The highest BCUT2D eigenvalue weighted by molar-refractivity contribution is 5.78. The molecule has 0 spiro atoms. The van der Waals surface area contributed by atoms with E-state index in [-0.39, 0.29) is 6.42 Å². The van der Waals surface area contributed by atoms with E-state index in [1.165, 1.54) is 38.5 Å². The predicted molar refractivity (Wildman–Crippen MR) is 75.0 cm³/mol. The molecule has 0 aliphatic carbocycles. The summed E-state index contributed by atoms with van der Waals surface area (Å²) in [7, 11) is 0. The Morgan fingerprint density at radius 2 is 1.53 bits per heavy atom. The van der Waals surface area contributed by atoms with Crippen molar-refractivity contribution >= 4 is 11.9 Å². The zero-order chi connectivity index (χ0) is 14.5. The van der Waals surface area contributed by atoms with E-state index in [9.17, 15) is 9.59 Å². The van der Waals surface area contributed by atoms with E-state index in [4.69, 9.17) is 9.84 Å². The first kappa shape index (κ1) is 17.9. The maximum Gasteiger partial charge on any atom is 0.309 e. The summed E-state index contributed by atoms with van der Waals surface area (Å²) in [6.07, 6.45) is 9.43. The molecule has 1 N–H and O–H groups in total. The zero-order valence-electron chi connectivity index (χ0n) is 12.3. The summed E-state index contributed by atoms with van der Waals surface area (Å²) < 4.78 is 5.05. The third-order valence-electron chi connectivity index (χ3n) is 3.13. The molecule has 0 heterocycles. The lowest BCUT2D eigenvalue weighted by Crippen LogP contribution is -2.18. The van der Waals surface area contributed by atoms with Crippen LogP contribution in [0.15, 0.2) is 0 Å². The molecule has 4 nitrogen and oxygen atoms in total. The van der Waals surface area contributed by atoms with E-state index in [0.29, 0.717) is 6.61 Å². The van der Waals surface area contributed by atoms with Crippen molar-refractivity contribution in [3.05, 3.63) is 0 Å². The van der Waals surface area contributed by atoms with Crippen molar-refractivity contribution < 1.29 is 19.4 Å². The Kier molecular flexibility index (Phi) is 11.3. The molecule has 112 valence electrons. The summed E-state index contributed by atoms with van der Waals surface area (Å²) in [5.41, 5.74) is 0. The van der Waals surface area contributed by atoms with Gasteiger partial charge in [-0.15, -0.1) is 0 Å². The van der Waals surface area contributed by atoms with Crippen molar-refractivity contribution in [2.45, 2.75) is 71.6 Å². The number of carbonyl (C=O) groups excluding carboxylic acids is 1. The van der Waals surface area contributed by atoms with E-state index in [1.807, 2.05) is 0 Å². The van der Waals surface area contributed by atoms with Crippen molar-refractivity contribution in [1.29, 1.82) is 0 Å². The predicted octanol–water partition coefficient (Wildman–Crippen LogP) is 3.78. The molecule has 0 fully saturated rings. The summed E-state index contributed by atoms with van der Waals surface area (Å²) >= 11 is 0. The van der Waals surface area contributed by atoms with Crippen molar-refractivity contribution in [1.82, 2.24) is 0 Å². The quantitative estimate of drug-likeness (QED) is 0.434. The molecule has 1 unspecified atom stereocenters. The van der Waals surface area contributed by atoms with Gasteiger partial charge in [0.25, 0.3) is 0 Å². The van der Waals surface area contributed by atoms with Crippen LogP contribution in [0.25, 0.3) is 0 Å². The number of hydrogen-bond donors (Lipinski definition) is 1. The van der Waals surface area contributed by atoms with E-state index in [1.54, 1.807) is 6.92 Å². The number of esters is 1. The second-order valence-corrected chi connectivity index (χ2v) is 5.14. The van der Waals surface area contributed by atoms with Crippen molar-refractivity contribution in [3.8, 4) is 0 Å². The van der Waals surface area contributed by atoms with E-state index < -0.39 is 17.9 Å². The Labute approximate surface area is 116 Å². The Bertz CT molecular complexity index is 251. The van der Waals surface area contributed by atoms with Crippen LogP contribution in [0, 0.1) is 5.92 Å². The van der Waals surface area contributed by atoms with Crippen LogP contribution in [0.5, 0.6) is 0 Å². The number of ether oxygens (including phenoxy) is 1.